The molecule has 3 aromatic heterocycles. The first-order valence-electron chi connectivity index (χ1n) is 4.50. The lowest BCUT2D eigenvalue weighted by molar-refractivity contribution is 0.579. The molecule has 3 heterocycles. The van der Waals surface area contributed by atoms with Gasteiger partial charge in [0.05, 0.1) is 5.02 Å². The van der Waals surface area contributed by atoms with Gasteiger partial charge in [0.25, 0.3) is 0 Å². The van der Waals surface area contributed by atoms with Crippen molar-refractivity contribution in [3.8, 4) is 11.6 Å². The number of fused-ring (bicyclic) bond motifs is 1. The van der Waals surface area contributed by atoms with E-state index in [2.05, 4.69) is 10.1 Å². The van der Waals surface area contributed by atoms with E-state index < -0.39 is 0 Å². The van der Waals surface area contributed by atoms with Crippen molar-refractivity contribution in [3.05, 3.63) is 40.7 Å². The molecule has 0 aliphatic carbocycles. The number of nitrogens with zero attached hydrogens (tertiary/aromatic N) is 3. The van der Waals surface area contributed by atoms with Crippen LogP contribution in [0.3, 0.4) is 0 Å². The van der Waals surface area contributed by atoms with Crippen LogP contribution in [0.15, 0.2) is 34.9 Å². The molecule has 16 heavy (non-hydrogen) atoms. The normalized spacial score (nSPS) is 11.1. The van der Waals surface area contributed by atoms with Crippen molar-refractivity contribution in [2.75, 3.05) is 0 Å². The van der Waals surface area contributed by atoms with E-state index in [0.29, 0.717) is 27.5 Å². The van der Waals surface area contributed by atoms with Crippen LogP contribution in [0, 0.1) is 0 Å². The average molecular weight is 254 g/mol. The molecule has 0 N–H and O–H groups in total. The van der Waals surface area contributed by atoms with Gasteiger partial charge in [-0.2, -0.15) is 0 Å². The molecule has 0 saturated heterocycles. The quantitative estimate of drug-likeness (QED) is 0.669. The first kappa shape index (κ1) is 9.69. The summed E-state index contributed by atoms with van der Waals surface area (Å²) >= 11 is 11.7. The molecule has 0 aliphatic heterocycles. The van der Waals surface area contributed by atoms with Gasteiger partial charge in [-0.3, -0.25) is 0 Å². The maximum atomic E-state index is 5.98. The second-order valence-electron chi connectivity index (χ2n) is 3.16. The third-order valence-electron chi connectivity index (χ3n) is 2.11. The minimum Gasteiger partial charge on any atom is -0.441 e. The lowest BCUT2D eigenvalue weighted by Crippen LogP contribution is -1.85. The second-order valence-corrected chi connectivity index (χ2v) is 3.94. The molecule has 6 heteroatoms. The van der Waals surface area contributed by atoms with E-state index in [1.165, 1.54) is 0 Å². The van der Waals surface area contributed by atoms with Crippen LogP contribution in [0.5, 0.6) is 0 Å². The van der Waals surface area contributed by atoms with Gasteiger partial charge in [-0.1, -0.05) is 11.6 Å². The number of pyridine rings is 1. The van der Waals surface area contributed by atoms with Gasteiger partial charge in [0, 0.05) is 6.20 Å². The predicted octanol–water partition coefficient (Wildman–Crippen LogP) is 3.30. The zero-order valence-electron chi connectivity index (χ0n) is 7.89. The summed E-state index contributed by atoms with van der Waals surface area (Å²) in [7, 11) is 0. The molecule has 0 amide bonds. The fourth-order valence-electron chi connectivity index (χ4n) is 1.41. The Bertz CT molecular complexity index is 659. The van der Waals surface area contributed by atoms with E-state index in [1.54, 1.807) is 35.0 Å². The maximum Gasteiger partial charge on any atom is 0.218 e. The van der Waals surface area contributed by atoms with Gasteiger partial charge in [0.15, 0.2) is 16.6 Å². The monoisotopic (exact) mass is 253 g/mol. The smallest absolute Gasteiger partial charge is 0.218 e. The summed E-state index contributed by atoms with van der Waals surface area (Å²) in [6.45, 7) is 0. The Kier molecular flexibility index (Phi) is 2.12. The number of halogens is 2. The molecule has 3 rings (SSSR count). The summed E-state index contributed by atoms with van der Waals surface area (Å²) in [6.07, 6.45) is 1.77. The fraction of sp³-hybridized carbons (Fsp3) is 0. The lowest BCUT2D eigenvalue weighted by Gasteiger charge is -1.90. The van der Waals surface area contributed by atoms with Gasteiger partial charge in [0.2, 0.25) is 5.82 Å². The molecule has 80 valence electrons. The van der Waals surface area contributed by atoms with Crippen LogP contribution in [0.25, 0.3) is 17.2 Å². The molecule has 0 unspecified atom stereocenters. The Hall–Kier alpha value is -1.52. The standard InChI is InChI=1S/C10H5Cl2N3O/c11-6-2-1-5-15-10(6)13-9(14-15)7-3-4-8(12)16-7/h1-5H. The predicted molar refractivity (Wildman–Crippen MR) is 60.7 cm³/mol. The highest BCUT2D eigenvalue weighted by Crippen LogP contribution is 2.24. The van der Waals surface area contributed by atoms with Crippen molar-refractivity contribution in [2.45, 2.75) is 0 Å². The minimum absolute atomic E-state index is 0.306. The largest absolute Gasteiger partial charge is 0.441 e. The minimum atomic E-state index is 0.306. The molecule has 0 bridgehead atoms. The number of hydrogen-bond donors (Lipinski definition) is 0. The van der Waals surface area contributed by atoms with Crippen LogP contribution in [0.2, 0.25) is 10.2 Å². The zero-order valence-corrected chi connectivity index (χ0v) is 9.40. The van der Waals surface area contributed by atoms with Crippen LogP contribution in [-0.4, -0.2) is 14.6 Å². The molecule has 0 atom stereocenters. The van der Waals surface area contributed by atoms with Crippen molar-refractivity contribution in [1.82, 2.24) is 14.6 Å². The molecule has 4 nitrogen and oxygen atoms in total. The number of furan rings is 1. The molecular weight excluding hydrogens is 249 g/mol. The third kappa shape index (κ3) is 1.47. The highest BCUT2D eigenvalue weighted by Gasteiger charge is 2.11. The fourth-order valence-corrected chi connectivity index (χ4v) is 1.76. The summed E-state index contributed by atoms with van der Waals surface area (Å²) < 4.78 is 6.81. The number of rotatable bonds is 1. The van der Waals surface area contributed by atoms with Crippen LogP contribution >= 0.6 is 23.2 Å². The van der Waals surface area contributed by atoms with E-state index in [4.69, 9.17) is 27.6 Å². The number of aromatic nitrogens is 3. The van der Waals surface area contributed by atoms with E-state index in [9.17, 15) is 0 Å². The van der Waals surface area contributed by atoms with Crippen LogP contribution in [-0.2, 0) is 0 Å². The Labute approximate surface area is 100 Å². The van der Waals surface area contributed by atoms with E-state index in [1.807, 2.05) is 0 Å². The van der Waals surface area contributed by atoms with Crippen LogP contribution in [0.4, 0.5) is 0 Å². The highest BCUT2D eigenvalue weighted by molar-refractivity contribution is 6.33. The van der Waals surface area contributed by atoms with Crippen molar-refractivity contribution >= 4 is 28.8 Å². The van der Waals surface area contributed by atoms with Gasteiger partial charge in [-0.25, -0.2) is 9.50 Å². The molecule has 3 aromatic rings. The SMILES string of the molecule is Clc1ccc(-c2nc3c(Cl)cccn3n2)o1. The third-order valence-corrected chi connectivity index (χ3v) is 2.61. The van der Waals surface area contributed by atoms with Gasteiger partial charge >= 0.3 is 0 Å². The molecular formula is C10H5Cl2N3O. The van der Waals surface area contributed by atoms with E-state index >= 15 is 0 Å². The summed E-state index contributed by atoms with van der Waals surface area (Å²) in [5.41, 5.74) is 0.590. The van der Waals surface area contributed by atoms with Gasteiger partial charge in [-0.15, -0.1) is 5.10 Å². The second kappa shape index (κ2) is 3.50. The zero-order chi connectivity index (χ0) is 11.1. The summed E-state index contributed by atoms with van der Waals surface area (Å²) in [5, 5.41) is 5.07. The van der Waals surface area contributed by atoms with E-state index in [0.717, 1.165) is 0 Å². The lowest BCUT2D eigenvalue weighted by atomic mass is 10.4. The Balaban J connectivity index is 2.22. The van der Waals surface area contributed by atoms with Crippen molar-refractivity contribution in [2.24, 2.45) is 0 Å². The van der Waals surface area contributed by atoms with Crippen molar-refractivity contribution < 1.29 is 4.42 Å². The number of hydrogen-bond acceptors (Lipinski definition) is 3. The first-order chi connectivity index (χ1) is 7.74. The van der Waals surface area contributed by atoms with Crippen molar-refractivity contribution in [3.63, 3.8) is 0 Å². The Morgan fingerprint density at radius 3 is 2.75 bits per heavy atom. The van der Waals surface area contributed by atoms with Gasteiger partial charge < -0.3 is 4.42 Å². The first-order valence-corrected chi connectivity index (χ1v) is 5.26. The maximum absolute atomic E-state index is 5.98. The molecule has 0 radical (unpaired) electrons. The summed E-state index contributed by atoms with van der Waals surface area (Å²) in [5.74, 6) is 0.977. The van der Waals surface area contributed by atoms with Crippen LogP contribution < -0.4 is 0 Å². The van der Waals surface area contributed by atoms with Gasteiger partial charge in [0.1, 0.15) is 0 Å². The van der Waals surface area contributed by atoms with Crippen molar-refractivity contribution in [1.29, 1.82) is 0 Å². The molecule has 0 aliphatic rings. The molecule has 0 spiro atoms. The molecule has 0 saturated carbocycles. The van der Waals surface area contributed by atoms with E-state index in [-0.39, 0.29) is 0 Å². The molecule has 0 fully saturated rings. The summed E-state index contributed by atoms with van der Waals surface area (Å²) in [4.78, 5) is 4.26. The Morgan fingerprint density at radius 2 is 2.06 bits per heavy atom. The Morgan fingerprint density at radius 1 is 1.19 bits per heavy atom. The molecule has 0 aromatic carbocycles. The van der Waals surface area contributed by atoms with Gasteiger partial charge in [-0.05, 0) is 35.9 Å². The average Bonchev–Trinajstić information content (AvgIpc) is 2.84. The topological polar surface area (TPSA) is 43.3 Å². The highest BCUT2D eigenvalue weighted by atomic mass is 35.5. The summed E-state index contributed by atoms with van der Waals surface area (Å²) in [6, 6.07) is 6.91. The van der Waals surface area contributed by atoms with Crippen LogP contribution in [0.1, 0.15) is 0 Å².